The van der Waals surface area contributed by atoms with Crippen LogP contribution in [0.3, 0.4) is 0 Å². The number of alkyl halides is 2. The number of unbranched alkanes of at least 4 members (excludes halogenated alkanes) is 1. The van der Waals surface area contributed by atoms with Crippen LogP contribution in [0.15, 0.2) is 0 Å². The van der Waals surface area contributed by atoms with Gasteiger partial charge in [0.05, 0.1) is 0 Å². The van der Waals surface area contributed by atoms with Gasteiger partial charge < -0.3 is 10.2 Å². The number of rotatable bonds is 5. The summed E-state index contributed by atoms with van der Waals surface area (Å²) in [5, 5.41) is 16.1. The van der Waals surface area contributed by atoms with Gasteiger partial charge in [-0.3, -0.25) is 0 Å². The first kappa shape index (κ1) is 10.3. The van der Waals surface area contributed by atoms with E-state index in [2.05, 4.69) is 0 Å². The second-order valence-electron chi connectivity index (χ2n) is 2.19. The second kappa shape index (κ2) is 4.23. The van der Waals surface area contributed by atoms with Gasteiger partial charge in [-0.1, -0.05) is 0 Å². The van der Waals surface area contributed by atoms with Gasteiger partial charge in [-0.15, -0.1) is 0 Å². The third kappa shape index (κ3) is 3.87. The summed E-state index contributed by atoms with van der Waals surface area (Å²) in [6, 6.07) is 0. The van der Waals surface area contributed by atoms with Gasteiger partial charge in [0.15, 0.2) is 0 Å². The fourth-order valence-electron chi connectivity index (χ4n) is 0.566. The van der Waals surface area contributed by atoms with Gasteiger partial charge in [-0.25, -0.2) is 4.79 Å². The lowest BCUT2D eigenvalue weighted by molar-refractivity contribution is -0.165. The molecule has 0 rings (SSSR count). The van der Waals surface area contributed by atoms with E-state index in [-0.39, 0.29) is 19.4 Å². The molecule has 0 unspecified atom stereocenters. The van der Waals surface area contributed by atoms with Crippen molar-refractivity contribution in [3.63, 3.8) is 0 Å². The maximum Gasteiger partial charge on any atom is 0.374 e. The number of hydrogen-bond donors (Lipinski definition) is 2. The molecule has 0 aromatic carbocycles. The Kier molecular flexibility index (Phi) is 3.95. The Balaban J connectivity index is 3.64. The van der Waals surface area contributed by atoms with E-state index in [0.29, 0.717) is 0 Å². The van der Waals surface area contributed by atoms with E-state index < -0.39 is 18.3 Å². The molecule has 0 atom stereocenters. The summed E-state index contributed by atoms with van der Waals surface area (Å²) in [6.45, 7) is -0.185. The molecule has 0 saturated carbocycles. The standard InChI is InChI=1S/C6H10F2O3/c7-6(8,5(10)11)3-1-2-4-9/h9H,1-4H2,(H,10,11). The van der Waals surface area contributed by atoms with E-state index >= 15 is 0 Å². The normalized spacial score (nSPS) is 11.5. The lowest BCUT2D eigenvalue weighted by Crippen LogP contribution is -2.27. The minimum atomic E-state index is -3.64. The van der Waals surface area contributed by atoms with Gasteiger partial charge in [-0.05, 0) is 12.8 Å². The molecule has 3 nitrogen and oxygen atoms in total. The summed E-state index contributed by atoms with van der Waals surface area (Å²) >= 11 is 0. The minimum absolute atomic E-state index is 0.0236. The molecular weight excluding hydrogens is 158 g/mol. The molecule has 66 valence electrons. The molecule has 0 spiro atoms. The van der Waals surface area contributed by atoms with Crippen LogP contribution >= 0.6 is 0 Å². The van der Waals surface area contributed by atoms with E-state index in [1.807, 2.05) is 0 Å². The Morgan fingerprint density at radius 3 is 2.27 bits per heavy atom. The highest BCUT2D eigenvalue weighted by Gasteiger charge is 2.37. The Morgan fingerprint density at radius 2 is 1.91 bits per heavy atom. The van der Waals surface area contributed by atoms with Crippen LogP contribution in [0.4, 0.5) is 8.78 Å². The number of halogens is 2. The number of aliphatic carboxylic acids is 1. The second-order valence-corrected chi connectivity index (χ2v) is 2.19. The maximum absolute atomic E-state index is 12.2. The average molecular weight is 168 g/mol. The monoisotopic (exact) mass is 168 g/mol. The lowest BCUT2D eigenvalue weighted by Gasteiger charge is -2.09. The van der Waals surface area contributed by atoms with E-state index in [0.717, 1.165) is 0 Å². The molecule has 0 saturated heterocycles. The van der Waals surface area contributed by atoms with Gasteiger partial charge in [0.1, 0.15) is 0 Å². The summed E-state index contributed by atoms with van der Waals surface area (Å²) in [5.41, 5.74) is 0. The third-order valence-electron chi connectivity index (χ3n) is 1.21. The van der Waals surface area contributed by atoms with Crippen LogP contribution in [0.1, 0.15) is 19.3 Å². The zero-order valence-corrected chi connectivity index (χ0v) is 5.89. The summed E-state index contributed by atoms with van der Waals surface area (Å²) < 4.78 is 24.4. The number of aliphatic hydroxyl groups is 1. The molecule has 0 aliphatic carbocycles. The van der Waals surface area contributed by atoms with Crippen molar-refractivity contribution in [2.24, 2.45) is 0 Å². The molecule has 0 amide bonds. The van der Waals surface area contributed by atoms with Gasteiger partial charge in [0.2, 0.25) is 0 Å². The highest BCUT2D eigenvalue weighted by Crippen LogP contribution is 2.20. The molecule has 0 fully saturated rings. The van der Waals surface area contributed by atoms with Crippen molar-refractivity contribution in [3.8, 4) is 0 Å². The lowest BCUT2D eigenvalue weighted by atomic mass is 10.1. The van der Waals surface area contributed by atoms with Crippen LogP contribution in [0, 0.1) is 0 Å². The van der Waals surface area contributed by atoms with Crippen molar-refractivity contribution < 1.29 is 23.8 Å². The predicted molar refractivity (Wildman–Crippen MR) is 33.5 cm³/mol. The smallest absolute Gasteiger partial charge is 0.374 e. The number of carboxylic acids is 1. The first-order valence-corrected chi connectivity index (χ1v) is 3.23. The molecular formula is C6H10F2O3. The topological polar surface area (TPSA) is 57.5 Å². The molecule has 0 aliphatic rings. The van der Waals surface area contributed by atoms with Crippen molar-refractivity contribution in [2.45, 2.75) is 25.2 Å². The van der Waals surface area contributed by atoms with Crippen LogP contribution < -0.4 is 0 Å². The molecule has 0 radical (unpaired) electrons. The molecule has 11 heavy (non-hydrogen) atoms. The molecule has 0 aliphatic heterocycles. The van der Waals surface area contributed by atoms with E-state index in [9.17, 15) is 13.6 Å². The van der Waals surface area contributed by atoms with E-state index in [4.69, 9.17) is 10.2 Å². The quantitative estimate of drug-likeness (QED) is 0.599. The summed E-state index contributed by atoms with van der Waals surface area (Å²) in [7, 11) is 0. The highest BCUT2D eigenvalue weighted by molar-refractivity contribution is 5.75. The number of hydrogen-bond acceptors (Lipinski definition) is 2. The third-order valence-corrected chi connectivity index (χ3v) is 1.21. The van der Waals surface area contributed by atoms with Crippen molar-refractivity contribution in [3.05, 3.63) is 0 Å². The first-order chi connectivity index (χ1) is 5.00. The van der Waals surface area contributed by atoms with Crippen LogP contribution in [-0.2, 0) is 4.79 Å². The Bertz CT molecular complexity index is 136. The van der Waals surface area contributed by atoms with Gasteiger partial charge in [-0.2, -0.15) is 8.78 Å². The fraction of sp³-hybridized carbons (Fsp3) is 0.833. The number of aliphatic hydroxyl groups excluding tert-OH is 1. The van der Waals surface area contributed by atoms with Crippen molar-refractivity contribution in [2.75, 3.05) is 6.61 Å². The Morgan fingerprint density at radius 1 is 1.36 bits per heavy atom. The SMILES string of the molecule is O=C(O)C(F)(F)CCCCO. The van der Waals surface area contributed by atoms with E-state index in [1.54, 1.807) is 0 Å². The van der Waals surface area contributed by atoms with Crippen LogP contribution in [0.2, 0.25) is 0 Å². The fourth-order valence-corrected chi connectivity index (χ4v) is 0.566. The van der Waals surface area contributed by atoms with Gasteiger partial charge in [0.25, 0.3) is 0 Å². The minimum Gasteiger partial charge on any atom is -0.477 e. The van der Waals surface area contributed by atoms with Crippen LogP contribution in [0.5, 0.6) is 0 Å². The van der Waals surface area contributed by atoms with E-state index in [1.165, 1.54) is 0 Å². The molecule has 5 heteroatoms. The molecule has 2 N–H and O–H groups in total. The van der Waals surface area contributed by atoms with Crippen LogP contribution in [-0.4, -0.2) is 28.7 Å². The molecule has 0 bridgehead atoms. The van der Waals surface area contributed by atoms with Crippen molar-refractivity contribution in [1.82, 2.24) is 0 Å². The van der Waals surface area contributed by atoms with Crippen LogP contribution in [0.25, 0.3) is 0 Å². The molecule has 0 heterocycles. The largest absolute Gasteiger partial charge is 0.477 e. The van der Waals surface area contributed by atoms with Gasteiger partial charge in [0, 0.05) is 13.0 Å². The molecule has 0 aromatic rings. The zero-order valence-electron chi connectivity index (χ0n) is 5.89. The number of carbonyl (C=O) groups is 1. The first-order valence-electron chi connectivity index (χ1n) is 3.23. The Hall–Kier alpha value is -0.710. The summed E-state index contributed by atoms with van der Waals surface area (Å²) in [4.78, 5) is 9.80. The maximum atomic E-state index is 12.2. The van der Waals surface area contributed by atoms with Crippen molar-refractivity contribution in [1.29, 1.82) is 0 Å². The van der Waals surface area contributed by atoms with Gasteiger partial charge >= 0.3 is 11.9 Å². The summed E-state index contributed by atoms with van der Waals surface area (Å²) in [5.74, 6) is -5.75. The summed E-state index contributed by atoms with van der Waals surface area (Å²) in [6.07, 6.45) is -0.471. The van der Waals surface area contributed by atoms with Crippen molar-refractivity contribution >= 4 is 5.97 Å². The zero-order chi connectivity index (χ0) is 8.91. The predicted octanol–water partition coefficient (Wildman–Crippen LogP) is 0.869. The average Bonchev–Trinajstić information content (AvgIpc) is 1.88. The Labute approximate surface area is 62.6 Å². The molecule has 0 aromatic heterocycles. The number of carboxylic acid groups (broad SMARTS) is 1. The highest BCUT2D eigenvalue weighted by atomic mass is 19.3.